The van der Waals surface area contributed by atoms with Crippen molar-refractivity contribution in [3.05, 3.63) is 0 Å². The Labute approximate surface area is 82.5 Å². The molecule has 3 nitrogen and oxygen atoms in total. The van der Waals surface area contributed by atoms with E-state index in [0.29, 0.717) is 18.8 Å². The van der Waals surface area contributed by atoms with Crippen molar-refractivity contribution in [3.63, 3.8) is 0 Å². The van der Waals surface area contributed by atoms with Crippen molar-refractivity contribution in [2.75, 3.05) is 0 Å². The summed E-state index contributed by atoms with van der Waals surface area (Å²) in [6, 6.07) is 0. The number of rotatable bonds is 0. The van der Waals surface area contributed by atoms with E-state index in [1.54, 1.807) is 0 Å². The molecule has 0 aromatic rings. The van der Waals surface area contributed by atoms with E-state index in [1.807, 2.05) is 0 Å². The van der Waals surface area contributed by atoms with Crippen molar-refractivity contribution >= 4 is 11.6 Å². The first kappa shape index (κ1) is 8.60. The van der Waals surface area contributed by atoms with Gasteiger partial charge in [-0.3, -0.25) is 9.59 Å². The van der Waals surface area contributed by atoms with Gasteiger partial charge in [-0.25, -0.2) is 0 Å². The normalized spacial score (nSPS) is 51.1. The highest BCUT2D eigenvalue weighted by Gasteiger charge is 2.53. The maximum atomic E-state index is 11.7. The van der Waals surface area contributed by atoms with Crippen LogP contribution in [0.3, 0.4) is 0 Å². The number of carbonyl (C=O) groups excluding carboxylic acids is 2. The van der Waals surface area contributed by atoms with Crippen molar-refractivity contribution in [2.24, 2.45) is 17.8 Å². The second kappa shape index (κ2) is 2.45. The highest BCUT2D eigenvalue weighted by Crippen LogP contribution is 2.50. The Hall–Kier alpha value is -0.700. The third-order valence-electron chi connectivity index (χ3n) is 4.14. The molecule has 1 N–H and O–H groups in total. The second-order valence-electron chi connectivity index (χ2n) is 5.30. The quantitative estimate of drug-likeness (QED) is 0.577. The lowest BCUT2D eigenvalue weighted by atomic mass is 9.65. The number of hydrogen-bond acceptors (Lipinski definition) is 3. The molecule has 4 aliphatic rings. The Morgan fingerprint density at radius 2 is 1.50 bits per heavy atom. The van der Waals surface area contributed by atoms with Crippen LogP contribution in [-0.2, 0) is 9.59 Å². The van der Waals surface area contributed by atoms with Crippen LogP contribution in [0.2, 0.25) is 0 Å². The molecule has 0 amide bonds. The minimum absolute atomic E-state index is 0.168. The number of Topliss-reactive ketones (excluding diaryl/α,β-unsaturated/α-hetero) is 2. The van der Waals surface area contributed by atoms with Gasteiger partial charge in [0.15, 0.2) is 0 Å². The number of carbonyl (C=O) groups is 2. The molecule has 0 saturated heterocycles. The van der Waals surface area contributed by atoms with Crippen molar-refractivity contribution < 1.29 is 14.7 Å². The Morgan fingerprint density at radius 1 is 1.00 bits per heavy atom. The largest absolute Gasteiger partial charge is 0.390 e. The lowest BCUT2D eigenvalue weighted by Crippen LogP contribution is -2.43. The van der Waals surface area contributed by atoms with Gasteiger partial charge in [0, 0.05) is 11.8 Å². The second-order valence-corrected chi connectivity index (χ2v) is 5.30. The Morgan fingerprint density at radius 3 is 1.93 bits per heavy atom. The van der Waals surface area contributed by atoms with E-state index in [0.717, 1.165) is 19.3 Å². The van der Waals surface area contributed by atoms with Gasteiger partial charge in [-0.05, 0) is 38.0 Å². The van der Waals surface area contributed by atoms with Crippen LogP contribution in [0.15, 0.2) is 0 Å². The summed E-state index contributed by atoms with van der Waals surface area (Å²) >= 11 is 0. The Balaban J connectivity index is 2.07. The van der Waals surface area contributed by atoms with E-state index in [1.165, 1.54) is 0 Å². The minimum Gasteiger partial charge on any atom is -0.390 e. The molecule has 4 bridgehead atoms. The fourth-order valence-corrected chi connectivity index (χ4v) is 3.74. The van der Waals surface area contributed by atoms with Crippen molar-refractivity contribution in [3.8, 4) is 0 Å². The van der Waals surface area contributed by atoms with Gasteiger partial charge in [0.2, 0.25) is 11.6 Å². The highest BCUT2D eigenvalue weighted by molar-refractivity contribution is 6.39. The van der Waals surface area contributed by atoms with Crippen molar-refractivity contribution in [1.29, 1.82) is 0 Å². The van der Waals surface area contributed by atoms with E-state index in [2.05, 4.69) is 0 Å². The molecule has 0 heterocycles. The molecule has 2 unspecified atom stereocenters. The van der Waals surface area contributed by atoms with Crippen molar-refractivity contribution in [1.82, 2.24) is 0 Å². The molecule has 4 rings (SSSR count). The van der Waals surface area contributed by atoms with E-state index in [4.69, 9.17) is 0 Å². The zero-order valence-electron chi connectivity index (χ0n) is 8.03. The molecule has 3 heteroatoms. The third kappa shape index (κ3) is 1.02. The maximum absolute atomic E-state index is 11.7. The first-order valence-electron chi connectivity index (χ1n) is 5.38. The van der Waals surface area contributed by atoms with Gasteiger partial charge >= 0.3 is 0 Å². The summed E-state index contributed by atoms with van der Waals surface area (Å²) in [5.41, 5.74) is -0.696. The first-order valence-corrected chi connectivity index (χ1v) is 5.38. The molecule has 0 aromatic heterocycles. The van der Waals surface area contributed by atoms with Crippen LogP contribution in [-0.4, -0.2) is 22.3 Å². The summed E-state index contributed by atoms with van der Waals surface area (Å²) < 4.78 is 0. The molecule has 14 heavy (non-hydrogen) atoms. The number of aliphatic hydroxyl groups is 1. The smallest absolute Gasteiger partial charge is 0.201 e. The van der Waals surface area contributed by atoms with Gasteiger partial charge in [-0.1, -0.05) is 0 Å². The average molecular weight is 194 g/mol. The van der Waals surface area contributed by atoms with Gasteiger partial charge in [0.25, 0.3) is 0 Å². The maximum Gasteiger partial charge on any atom is 0.201 e. The van der Waals surface area contributed by atoms with Crippen LogP contribution in [0, 0.1) is 17.8 Å². The van der Waals surface area contributed by atoms with E-state index < -0.39 is 5.60 Å². The van der Waals surface area contributed by atoms with Crippen LogP contribution in [0.1, 0.15) is 32.1 Å². The lowest BCUT2D eigenvalue weighted by Gasteiger charge is -2.43. The predicted molar refractivity (Wildman–Crippen MR) is 48.5 cm³/mol. The van der Waals surface area contributed by atoms with E-state index in [9.17, 15) is 14.7 Å². The van der Waals surface area contributed by atoms with Crippen LogP contribution in [0.5, 0.6) is 0 Å². The Bertz CT molecular complexity index is 294. The molecule has 4 saturated carbocycles. The Kier molecular flexibility index (Phi) is 1.51. The summed E-state index contributed by atoms with van der Waals surface area (Å²) in [5, 5.41) is 10.2. The van der Waals surface area contributed by atoms with Crippen LogP contribution < -0.4 is 0 Å². The standard InChI is InChI=1S/C11H14O3/c12-9-7-1-6-2-8(10(9)13)5-11(14,3-6)4-7/h6-8,14H,1-5H2. The molecular weight excluding hydrogens is 180 g/mol. The summed E-state index contributed by atoms with van der Waals surface area (Å²) in [6.07, 6.45) is 3.54. The molecule has 76 valence electrons. The SMILES string of the molecule is O=C1C(=O)C2CC3CC1CC(O)(C3)C2. The average Bonchev–Trinajstić information content (AvgIpc) is 2.21. The van der Waals surface area contributed by atoms with Gasteiger partial charge < -0.3 is 5.11 Å². The topological polar surface area (TPSA) is 54.4 Å². The molecule has 0 aliphatic heterocycles. The summed E-state index contributed by atoms with van der Waals surface area (Å²) in [5.74, 6) is -0.327. The van der Waals surface area contributed by atoms with Gasteiger partial charge in [0.1, 0.15) is 0 Å². The van der Waals surface area contributed by atoms with Gasteiger partial charge in [-0.2, -0.15) is 0 Å². The highest BCUT2D eigenvalue weighted by atomic mass is 16.3. The number of fused-ring (bicyclic) bond motifs is 1. The summed E-state index contributed by atoms with van der Waals surface area (Å²) in [4.78, 5) is 23.3. The molecule has 0 spiro atoms. The van der Waals surface area contributed by atoms with Crippen LogP contribution >= 0.6 is 0 Å². The van der Waals surface area contributed by atoms with Crippen LogP contribution in [0.25, 0.3) is 0 Å². The van der Waals surface area contributed by atoms with Gasteiger partial charge in [0.05, 0.1) is 5.60 Å². The molecular formula is C11H14O3. The lowest BCUT2D eigenvalue weighted by molar-refractivity contribution is -0.140. The number of ketones is 2. The zero-order chi connectivity index (χ0) is 9.92. The zero-order valence-corrected chi connectivity index (χ0v) is 8.03. The molecule has 4 fully saturated rings. The van der Waals surface area contributed by atoms with E-state index in [-0.39, 0.29) is 23.4 Å². The number of hydrogen-bond donors (Lipinski definition) is 1. The fourth-order valence-electron chi connectivity index (χ4n) is 3.74. The van der Waals surface area contributed by atoms with Gasteiger partial charge in [-0.15, -0.1) is 0 Å². The molecule has 4 aliphatic carbocycles. The van der Waals surface area contributed by atoms with Crippen molar-refractivity contribution in [2.45, 2.75) is 37.7 Å². The first-order chi connectivity index (χ1) is 6.57. The molecule has 0 radical (unpaired) electrons. The van der Waals surface area contributed by atoms with E-state index >= 15 is 0 Å². The fraction of sp³-hybridized carbons (Fsp3) is 0.818. The monoisotopic (exact) mass is 194 g/mol. The predicted octanol–water partition coefficient (Wildman–Crippen LogP) is 0.696. The minimum atomic E-state index is -0.696. The molecule has 0 aromatic carbocycles. The third-order valence-corrected chi connectivity index (χ3v) is 4.14. The van der Waals surface area contributed by atoms with Crippen LogP contribution in [0.4, 0.5) is 0 Å². The summed E-state index contributed by atoms with van der Waals surface area (Å²) in [6.45, 7) is 0. The summed E-state index contributed by atoms with van der Waals surface area (Å²) in [7, 11) is 0. The molecule has 2 atom stereocenters.